The molecule has 1 aliphatic heterocycles. The van der Waals surface area contributed by atoms with E-state index in [1.807, 2.05) is 17.9 Å². The molecule has 1 aliphatic rings. The molecule has 1 unspecified atom stereocenters. The maximum absolute atomic E-state index is 14.0. The van der Waals surface area contributed by atoms with Crippen LogP contribution in [0.3, 0.4) is 0 Å². The molecule has 1 saturated heterocycles. The summed E-state index contributed by atoms with van der Waals surface area (Å²) in [4.78, 5) is 13.8. The van der Waals surface area contributed by atoms with Gasteiger partial charge in [-0.1, -0.05) is 0 Å². The Morgan fingerprint density at radius 3 is 2.95 bits per heavy atom. The average Bonchev–Trinajstić information content (AvgIpc) is 2.82. The molecule has 20 heavy (non-hydrogen) atoms. The fraction of sp³-hybridized carbons (Fsp3) is 0.467. The zero-order valence-corrected chi connectivity index (χ0v) is 11.6. The zero-order chi connectivity index (χ0) is 14.8. The van der Waals surface area contributed by atoms with Gasteiger partial charge in [-0.2, -0.15) is 5.26 Å². The number of hydrogen-bond donors (Lipinski definition) is 0. The minimum absolute atomic E-state index is 0.239. The monoisotopic (exact) mass is 276 g/mol. The Morgan fingerprint density at radius 2 is 2.35 bits per heavy atom. The number of ether oxygens (including phenoxy) is 1. The van der Waals surface area contributed by atoms with Gasteiger partial charge in [0.05, 0.1) is 29.3 Å². The molecule has 0 radical (unpaired) electrons. The van der Waals surface area contributed by atoms with Gasteiger partial charge in [0.1, 0.15) is 5.82 Å². The minimum atomic E-state index is -0.601. The second-order valence-corrected chi connectivity index (χ2v) is 5.23. The van der Waals surface area contributed by atoms with E-state index in [0.29, 0.717) is 37.4 Å². The third kappa shape index (κ3) is 2.60. The lowest BCUT2D eigenvalue weighted by Crippen LogP contribution is -2.33. The van der Waals surface area contributed by atoms with Crippen LogP contribution in [0.15, 0.2) is 18.2 Å². The third-order valence-electron chi connectivity index (χ3n) is 3.66. The van der Waals surface area contributed by atoms with Gasteiger partial charge in [-0.25, -0.2) is 4.39 Å². The molecule has 0 spiro atoms. The van der Waals surface area contributed by atoms with Crippen molar-refractivity contribution in [3.8, 4) is 6.07 Å². The summed E-state index contributed by atoms with van der Waals surface area (Å²) in [5, 5.41) is 8.74. The predicted octanol–water partition coefficient (Wildman–Crippen LogP) is 2.48. The van der Waals surface area contributed by atoms with Crippen molar-refractivity contribution in [2.24, 2.45) is 5.41 Å². The Labute approximate surface area is 117 Å². The van der Waals surface area contributed by atoms with Crippen LogP contribution in [-0.4, -0.2) is 25.7 Å². The molecule has 106 valence electrons. The van der Waals surface area contributed by atoms with Crippen LogP contribution >= 0.6 is 0 Å². The Morgan fingerprint density at radius 1 is 1.60 bits per heavy atom. The van der Waals surface area contributed by atoms with Gasteiger partial charge in [0.2, 0.25) is 0 Å². The average molecular weight is 276 g/mol. The highest BCUT2D eigenvalue weighted by atomic mass is 19.1. The van der Waals surface area contributed by atoms with Crippen molar-refractivity contribution in [2.75, 3.05) is 24.6 Å². The number of carbonyl (C=O) groups excluding carboxylic acids is 1. The fourth-order valence-electron chi connectivity index (χ4n) is 2.47. The quantitative estimate of drug-likeness (QED) is 0.796. The number of halogens is 1. The molecule has 0 bridgehead atoms. The molecule has 1 fully saturated rings. The molecule has 0 amide bonds. The molecule has 1 aromatic rings. The van der Waals surface area contributed by atoms with Gasteiger partial charge in [0, 0.05) is 13.1 Å². The van der Waals surface area contributed by atoms with Gasteiger partial charge in [-0.3, -0.25) is 4.79 Å². The standard InChI is InChI=1S/C15H17FN2O2/c1-3-20-14(19)15(2)6-7-18(10-15)13-5-4-11(9-17)8-12(13)16/h4-5,8H,3,6-7,10H2,1-2H3. The summed E-state index contributed by atoms with van der Waals surface area (Å²) in [6, 6.07) is 6.29. The van der Waals surface area contributed by atoms with Crippen LogP contribution in [-0.2, 0) is 9.53 Å². The molecule has 0 N–H and O–H groups in total. The van der Waals surface area contributed by atoms with Crippen LogP contribution in [0.25, 0.3) is 0 Å². The highest BCUT2D eigenvalue weighted by molar-refractivity contribution is 5.78. The molecule has 4 nitrogen and oxygen atoms in total. The smallest absolute Gasteiger partial charge is 0.313 e. The Balaban J connectivity index is 2.17. The molecular formula is C15H17FN2O2. The van der Waals surface area contributed by atoms with E-state index >= 15 is 0 Å². The Hall–Kier alpha value is -2.09. The molecule has 0 saturated carbocycles. The van der Waals surface area contributed by atoms with Crippen LogP contribution in [0.5, 0.6) is 0 Å². The molecule has 0 aromatic heterocycles. The summed E-state index contributed by atoms with van der Waals surface area (Å²) < 4.78 is 19.1. The van der Waals surface area contributed by atoms with Crippen molar-refractivity contribution in [1.82, 2.24) is 0 Å². The SMILES string of the molecule is CCOC(=O)C1(C)CCN(c2ccc(C#N)cc2F)C1. The molecule has 1 heterocycles. The van der Waals surface area contributed by atoms with E-state index in [2.05, 4.69) is 0 Å². The van der Waals surface area contributed by atoms with Crippen LogP contribution in [0, 0.1) is 22.6 Å². The Bertz CT molecular complexity index is 567. The van der Waals surface area contributed by atoms with Crippen LogP contribution in [0.2, 0.25) is 0 Å². The van der Waals surface area contributed by atoms with E-state index in [4.69, 9.17) is 10.00 Å². The number of carbonyl (C=O) groups is 1. The normalized spacial score (nSPS) is 21.6. The van der Waals surface area contributed by atoms with Crippen molar-refractivity contribution in [1.29, 1.82) is 5.26 Å². The van der Waals surface area contributed by atoms with Crippen LogP contribution in [0.1, 0.15) is 25.8 Å². The fourth-order valence-corrected chi connectivity index (χ4v) is 2.47. The summed E-state index contributed by atoms with van der Waals surface area (Å²) in [5.74, 6) is -0.672. The summed E-state index contributed by atoms with van der Waals surface area (Å²) in [5.41, 5.74) is 0.117. The number of rotatable bonds is 3. The molecular weight excluding hydrogens is 259 g/mol. The van der Waals surface area contributed by atoms with Crippen molar-refractivity contribution < 1.29 is 13.9 Å². The number of nitriles is 1. The number of nitrogens with zero attached hydrogens (tertiary/aromatic N) is 2. The largest absolute Gasteiger partial charge is 0.466 e. The van der Waals surface area contributed by atoms with E-state index in [0.717, 1.165) is 0 Å². The minimum Gasteiger partial charge on any atom is -0.466 e. The van der Waals surface area contributed by atoms with Gasteiger partial charge >= 0.3 is 5.97 Å². The zero-order valence-electron chi connectivity index (χ0n) is 11.6. The summed E-state index contributed by atoms with van der Waals surface area (Å²) in [6.45, 7) is 4.98. The third-order valence-corrected chi connectivity index (χ3v) is 3.66. The first-order valence-corrected chi connectivity index (χ1v) is 6.62. The number of anilines is 1. The summed E-state index contributed by atoms with van der Waals surface area (Å²) in [7, 11) is 0. The first-order valence-electron chi connectivity index (χ1n) is 6.62. The summed E-state index contributed by atoms with van der Waals surface area (Å²) in [6.07, 6.45) is 0.630. The lowest BCUT2D eigenvalue weighted by molar-refractivity contribution is -0.153. The maximum Gasteiger partial charge on any atom is 0.313 e. The molecule has 1 aromatic carbocycles. The van der Waals surface area contributed by atoms with Crippen LogP contribution < -0.4 is 4.90 Å². The second-order valence-electron chi connectivity index (χ2n) is 5.23. The number of hydrogen-bond acceptors (Lipinski definition) is 4. The predicted molar refractivity (Wildman–Crippen MR) is 72.7 cm³/mol. The van der Waals surface area contributed by atoms with E-state index in [1.165, 1.54) is 6.07 Å². The second kappa shape index (κ2) is 5.49. The molecule has 1 atom stereocenters. The maximum atomic E-state index is 14.0. The lowest BCUT2D eigenvalue weighted by atomic mass is 9.90. The van der Waals surface area contributed by atoms with E-state index < -0.39 is 11.2 Å². The highest BCUT2D eigenvalue weighted by Crippen LogP contribution is 2.35. The van der Waals surface area contributed by atoms with Gasteiger partial charge in [0.15, 0.2) is 0 Å². The van der Waals surface area contributed by atoms with Crippen LogP contribution in [0.4, 0.5) is 10.1 Å². The van der Waals surface area contributed by atoms with Gasteiger partial charge in [-0.05, 0) is 38.5 Å². The summed E-state index contributed by atoms with van der Waals surface area (Å²) >= 11 is 0. The van der Waals surface area contributed by atoms with Crippen molar-refractivity contribution in [2.45, 2.75) is 20.3 Å². The molecule has 2 rings (SSSR count). The van der Waals surface area contributed by atoms with E-state index in [-0.39, 0.29) is 5.97 Å². The highest BCUT2D eigenvalue weighted by Gasteiger charge is 2.42. The number of esters is 1. The van der Waals surface area contributed by atoms with Crippen molar-refractivity contribution >= 4 is 11.7 Å². The van der Waals surface area contributed by atoms with Gasteiger partial charge in [0.25, 0.3) is 0 Å². The first-order chi connectivity index (χ1) is 9.50. The molecule has 5 heteroatoms. The van der Waals surface area contributed by atoms with Gasteiger partial charge in [-0.15, -0.1) is 0 Å². The Kier molecular flexibility index (Phi) is 3.93. The van der Waals surface area contributed by atoms with Crippen molar-refractivity contribution in [3.05, 3.63) is 29.6 Å². The lowest BCUT2D eigenvalue weighted by Gasteiger charge is -2.24. The number of benzene rings is 1. The van der Waals surface area contributed by atoms with E-state index in [1.54, 1.807) is 19.1 Å². The molecule has 0 aliphatic carbocycles. The van der Waals surface area contributed by atoms with Gasteiger partial charge < -0.3 is 9.64 Å². The topological polar surface area (TPSA) is 53.3 Å². The van der Waals surface area contributed by atoms with Crippen molar-refractivity contribution in [3.63, 3.8) is 0 Å². The first kappa shape index (κ1) is 14.3. The van der Waals surface area contributed by atoms with E-state index in [9.17, 15) is 9.18 Å².